The van der Waals surface area contributed by atoms with Gasteiger partial charge in [0.25, 0.3) is 0 Å². The van der Waals surface area contributed by atoms with Crippen LogP contribution in [-0.2, 0) is 0 Å². The first kappa shape index (κ1) is 19.8. The molecule has 0 radical (unpaired) electrons. The van der Waals surface area contributed by atoms with Crippen molar-refractivity contribution in [1.29, 1.82) is 5.26 Å². The Kier molecular flexibility index (Phi) is 6.64. The monoisotopic (exact) mass is 415 g/mol. The van der Waals surface area contributed by atoms with Crippen LogP contribution < -0.4 is 10.6 Å². The molecule has 0 aliphatic carbocycles. The van der Waals surface area contributed by atoms with E-state index in [-0.39, 0.29) is 17.8 Å². The summed E-state index contributed by atoms with van der Waals surface area (Å²) in [6.45, 7) is 8.45. The molecule has 0 aliphatic rings. The normalized spacial score (nSPS) is 10.5. The lowest BCUT2D eigenvalue weighted by Crippen LogP contribution is -2.41. The first-order chi connectivity index (χ1) is 12.3. The zero-order valence-electron chi connectivity index (χ0n) is 15.4. The summed E-state index contributed by atoms with van der Waals surface area (Å²) in [5, 5.41) is 26.0. The first-order valence-corrected chi connectivity index (χ1v) is 9.29. The number of nitrogens with one attached hydrogen (secondary N) is 2. The van der Waals surface area contributed by atoms with Crippen LogP contribution in [0.1, 0.15) is 33.3 Å². The predicted molar refractivity (Wildman–Crippen MR) is 110 cm³/mol. The number of rotatable bonds is 4. The standard InChI is InChI=1S/C20H23BrN4O/c1-13(2)25(14(3)4)20(23-17-8-6-5-7-16(17)21)24-18-10-9-15(12-22)11-19(18)26/h5-11,13-14H,1-4H3,(H2,23,24,26)/p+1. The summed E-state index contributed by atoms with van der Waals surface area (Å²) in [6, 6.07) is 15.2. The van der Waals surface area contributed by atoms with Crippen molar-refractivity contribution in [3.05, 3.63) is 52.5 Å². The number of halogens is 1. The second-order valence-corrected chi connectivity index (χ2v) is 7.37. The topological polar surface area (TPSA) is 71.1 Å². The molecular formula is C20H24BrN4O+. The van der Waals surface area contributed by atoms with Gasteiger partial charge in [-0.2, -0.15) is 5.26 Å². The highest BCUT2D eigenvalue weighted by Gasteiger charge is 2.22. The van der Waals surface area contributed by atoms with Gasteiger partial charge in [-0.05, 0) is 67.9 Å². The number of aromatic hydroxyl groups is 1. The number of para-hydroxylation sites is 1. The lowest BCUT2D eigenvalue weighted by molar-refractivity contribution is -0.587. The van der Waals surface area contributed by atoms with Crippen LogP contribution >= 0.6 is 15.9 Å². The summed E-state index contributed by atoms with van der Waals surface area (Å²) in [5.74, 6) is 0.782. The Morgan fingerprint density at radius 3 is 2.19 bits per heavy atom. The molecule has 5 nitrogen and oxygen atoms in total. The molecule has 0 unspecified atom stereocenters. The van der Waals surface area contributed by atoms with Crippen molar-refractivity contribution < 1.29 is 9.68 Å². The quantitative estimate of drug-likeness (QED) is 0.292. The van der Waals surface area contributed by atoms with E-state index in [1.54, 1.807) is 12.1 Å². The highest BCUT2D eigenvalue weighted by molar-refractivity contribution is 9.10. The highest BCUT2D eigenvalue weighted by atomic mass is 79.9. The summed E-state index contributed by atoms with van der Waals surface area (Å²) in [5.41, 5.74) is 1.86. The number of hydrogen-bond donors (Lipinski definition) is 3. The maximum atomic E-state index is 10.3. The fourth-order valence-corrected chi connectivity index (χ4v) is 3.18. The first-order valence-electron chi connectivity index (χ1n) is 8.50. The van der Waals surface area contributed by atoms with E-state index in [0.29, 0.717) is 11.3 Å². The van der Waals surface area contributed by atoms with Crippen LogP contribution in [0.2, 0.25) is 0 Å². The number of anilines is 2. The van der Waals surface area contributed by atoms with Gasteiger partial charge in [0.2, 0.25) is 0 Å². The average Bonchev–Trinajstić information content (AvgIpc) is 2.57. The number of nitrogens with zero attached hydrogens (tertiary/aromatic N) is 2. The zero-order chi connectivity index (χ0) is 19.3. The van der Waals surface area contributed by atoms with Crippen molar-refractivity contribution in [2.24, 2.45) is 0 Å². The summed E-state index contributed by atoms with van der Waals surface area (Å²) in [7, 11) is 0. The molecule has 0 spiro atoms. The average molecular weight is 416 g/mol. The minimum Gasteiger partial charge on any atom is -0.504 e. The number of nitriles is 1. The van der Waals surface area contributed by atoms with Crippen molar-refractivity contribution in [3.63, 3.8) is 0 Å². The predicted octanol–water partition coefficient (Wildman–Crippen LogP) is 4.74. The Morgan fingerprint density at radius 2 is 1.65 bits per heavy atom. The molecule has 0 fully saturated rings. The van der Waals surface area contributed by atoms with Crippen LogP contribution in [0.25, 0.3) is 0 Å². The van der Waals surface area contributed by atoms with E-state index >= 15 is 0 Å². The van der Waals surface area contributed by atoms with Crippen LogP contribution in [0.15, 0.2) is 46.9 Å². The molecule has 0 aromatic heterocycles. The number of hydrogen-bond acceptors (Lipinski definition) is 2. The Hall–Kier alpha value is -2.52. The smallest absolute Gasteiger partial charge is 0.356 e. The fourth-order valence-electron chi connectivity index (χ4n) is 2.80. The number of benzene rings is 2. The number of guanidine groups is 1. The fraction of sp³-hybridized carbons (Fsp3) is 0.300. The Morgan fingerprint density at radius 1 is 1.04 bits per heavy atom. The van der Waals surface area contributed by atoms with Crippen LogP contribution in [-0.4, -0.2) is 27.7 Å². The summed E-state index contributed by atoms with van der Waals surface area (Å²) < 4.78 is 3.13. The lowest BCUT2D eigenvalue weighted by atomic mass is 10.2. The van der Waals surface area contributed by atoms with Crippen LogP contribution in [0.4, 0.5) is 11.4 Å². The molecule has 136 valence electrons. The van der Waals surface area contributed by atoms with Crippen molar-refractivity contribution in [2.45, 2.75) is 39.8 Å². The summed E-state index contributed by atoms with van der Waals surface area (Å²) in [4.78, 5) is 0. The third-order valence-electron chi connectivity index (χ3n) is 3.88. The number of phenolic OH excluding ortho intramolecular Hbond substituents is 1. The molecule has 0 heterocycles. The van der Waals surface area contributed by atoms with E-state index in [1.807, 2.05) is 30.3 Å². The second-order valence-electron chi connectivity index (χ2n) is 6.52. The van der Waals surface area contributed by atoms with Crippen LogP contribution in [0, 0.1) is 11.3 Å². The largest absolute Gasteiger partial charge is 0.504 e. The Bertz CT molecular complexity index is 843. The van der Waals surface area contributed by atoms with Crippen molar-refractivity contribution >= 4 is 33.3 Å². The van der Waals surface area contributed by atoms with Gasteiger partial charge in [-0.25, -0.2) is 10.6 Å². The van der Waals surface area contributed by atoms with E-state index in [9.17, 15) is 5.11 Å². The van der Waals surface area contributed by atoms with Crippen LogP contribution in [0.5, 0.6) is 5.75 Å². The molecule has 0 saturated heterocycles. The van der Waals surface area contributed by atoms with Crippen molar-refractivity contribution in [1.82, 2.24) is 0 Å². The maximum Gasteiger partial charge on any atom is 0.356 e. The van der Waals surface area contributed by atoms with Crippen LogP contribution in [0.3, 0.4) is 0 Å². The van der Waals surface area contributed by atoms with E-state index < -0.39 is 0 Å². The van der Waals surface area contributed by atoms with E-state index in [0.717, 1.165) is 16.1 Å². The molecule has 0 atom stereocenters. The molecule has 0 aliphatic heterocycles. The molecule has 0 bridgehead atoms. The van der Waals surface area contributed by atoms with Crippen molar-refractivity contribution in [2.75, 3.05) is 10.6 Å². The van der Waals surface area contributed by atoms with Gasteiger partial charge in [0.15, 0.2) is 5.75 Å². The van der Waals surface area contributed by atoms with Gasteiger partial charge >= 0.3 is 5.96 Å². The molecule has 2 aromatic rings. The maximum absolute atomic E-state index is 10.3. The molecule has 26 heavy (non-hydrogen) atoms. The molecule has 2 aromatic carbocycles. The molecule has 0 amide bonds. The van der Waals surface area contributed by atoms with Gasteiger partial charge in [-0.15, -0.1) is 0 Å². The third kappa shape index (κ3) is 4.77. The minimum absolute atomic E-state index is 0.0305. The van der Waals surface area contributed by atoms with E-state index in [2.05, 4.69) is 58.8 Å². The van der Waals surface area contributed by atoms with E-state index in [4.69, 9.17) is 5.26 Å². The van der Waals surface area contributed by atoms with Gasteiger partial charge in [-0.1, -0.05) is 12.1 Å². The molecule has 6 heteroatoms. The lowest BCUT2D eigenvalue weighted by Gasteiger charge is -2.21. The van der Waals surface area contributed by atoms with Gasteiger partial charge in [-0.3, -0.25) is 4.58 Å². The Balaban J connectivity index is 2.49. The third-order valence-corrected chi connectivity index (χ3v) is 4.57. The zero-order valence-corrected chi connectivity index (χ0v) is 17.0. The van der Waals surface area contributed by atoms with Crippen molar-refractivity contribution in [3.8, 4) is 11.8 Å². The number of phenols is 1. The summed E-state index contributed by atoms with van der Waals surface area (Å²) >= 11 is 3.56. The van der Waals surface area contributed by atoms with E-state index in [1.165, 1.54) is 6.07 Å². The van der Waals surface area contributed by atoms with Gasteiger partial charge < -0.3 is 5.11 Å². The molecule has 2 rings (SSSR count). The van der Waals surface area contributed by atoms with Gasteiger partial charge in [0, 0.05) is 6.07 Å². The van der Waals surface area contributed by atoms with Gasteiger partial charge in [0.1, 0.15) is 11.4 Å². The minimum atomic E-state index is 0.0305. The summed E-state index contributed by atoms with van der Waals surface area (Å²) in [6.07, 6.45) is 0. The SMILES string of the molecule is CC(C)[N+](=C(Nc1ccc(C#N)cc1O)Nc1ccccc1Br)C(C)C. The Labute approximate surface area is 163 Å². The van der Waals surface area contributed by atoms with Gasteiger partial charge in [0.05, 0.1) is 28.2 Å². The second kappa shape index (κ2) is 8.72. The molecule has 3 N–H and O–H groups in total. The molecule has 0 saturated carbocycles. The highest BCUT2D eigenvalue weighted by Crippen LogP contribution is 2.26. The molecular weight excluding hydrogens is 392 g/mol.